The fourth-order valence-electron chi connectivity index (χ4n) is 0.905. The second-order valence-electron chi connectivity index (χ2n) is 2.67. The highest BCUT2D eigenvalue weighted by Gasteiger charge is 1.97. The van der Waals surface area contributed by atoms with Crippen LogP contribution in [0.15, 0.2) is 24.4 Å². The quantitative estimate of drug-likeness (QED) is 0.651. The molecular formula is C9H13N3O. The molecule has 0 aromatic carbocycles. The van der Waals surface area contributed by atoms with E-state index in [0.29, 0.717) is 13.1 Å². The lowest BCUT2D eigenvalue weighted by molar-refractivity contribution is -0.116. The number of nitrogens with two attached hydrogens (primary N) is 1. The van der Waals surface area contributed by atoms with Crippen LogP contribution in [0.4, 0.5) is 0 Å². The monoisotopic (exact) mass is 179 g/mol. The molecule has 0 aliphatic carbocycles. The van der Waals surface area contributed by atoms with Gasteiger partial charge in [0.05, 0.1) is 18.8 Å². The van der Waals surface area contributed by atoms with Crippen LogP contribution in [0.3, 0.4) is 0 Å². The average molecular weight is 179 g/mol. The summed E-state index contributed by atoms with van der Waals surface area (Å²) >= 11 is 0. The molecule has 1 rings (SSSR count). The van der Waals surface area contributed by atoms with E-state index in [2.05, 4.69) is 10.3 Å². The van der Waals surface area contributed by atoms with Gasteiger partial charge in [-0.15, -0.1) is 0 Å². The van der Waals surface area contributed by atoms with Gasteiger partial charge in [-0.1, -0.05) is 6.07 Å². The van der Waals surface area contributed by atoms with Crippen LogP contribution < -0.4 is 11.1 Å². The van der Waals surface area contributed by atoms with E-state index in [-0.39, 0.29) is 12.3 Å². The first-order chi connectivity index (χ1) is 6.33. The molecule has 3 N–H and O–H groups in total. The molecule has 0 fully saturated rings. The fourth-order valence-corrected chi connectivity index (χ4v) is 0.905. The van der Waals surface area contributed by atoms with Crippen LogP contribution in [0, 0.1) is 0 Å². The first-order valence-corrected chi connectivity index (χ1v) is 4.15. The van der Waals surface area contributed by atoms with Crippen LogP contribution >= 0.6 is 0 Å². The predicted molar refractivity (Wildman–Crippen MR) is 50.0 cm³/mol. The van der Waals surface area contributed by atoms with Gasteiger partial charge in [0.1, 0.15) is 0 Å². The number of ketones is 1. The third kappa shape index (κ3) is 3.78. The molecule has 0 spiro atoms. The lowest BCUT2D eigenvalue weighted by Crippen LogP contribution is -2.27. The standard InChI is InChI=1S/C9H13N3O/c10-5-9(13)7-11-6-8-3-1-2-4-12-8/h1-4,11H,5-7,10H2. The maximum atomic E-state index is 10.8. The Hall–Kier alpha value is -1.26. The van der Waals surface area contributed by atoms with E-state index in [4.69, 9.17) is 5.73 Å². The number of nitrogens with zero attached hydrogens (tertiary/aromatic N) is 1. The molecule has 0 bridgehead atoms. The van der Waals surface area contributed by atoms with E-state index in [0.717, 1.165) is 5.69 Å². The number of aromatic nitrogens is 1. The molecule has 0 aliphatic heterocycles. The van der Waals surface area contributed by atoms with Gasteiger partial charge >= 0.3 is 0 Å². The first-order valence-electron chi connectivity index (χ1n) is 4.15. The number of carbonyl (C=O) groups is 1. The molecule has 1 heterocycles. The van der Waals surface area contributed by atoms with E-state index >= 15 is 0 Å². The molecule has 4 nitrogen and oxygen atoms in total. The van der Waals surface area contributed by atoms with Gasteiger partial charge in [-0.05, 0) is 12.1 Å². The molecule has 0 aliphatic rings. The predicted octanol–water partition coefficient (Wildman–Crippen LogP) is -0.301. The summed E-state index contributed by atoms with van der Waals surface area (Å²) in [5.74, 6) is 0.0101. The Morgan fingerprint density at radius 1 is 1.54 bits per heavy atom. The van der Waals surface area contributed by atoms with Crippen LogP contribution in [-0.2, 0) is 11.3 Å². The van der Waals surface area contributed by atoms with E-state index in [1.165, 1.54) is 0 Å². The van der Waals surface area contributed by atoms with Gasteiger partial charge in [0, 0.05) is 12.7 Å². The number of hydrogen-bond acceptors (Lipinski definition) is 4. The van der Waals surface area contributed by atoms with Crippen LogP contribution in [0.5, 0.6) is 0 Å². The summed E-state index contributed by atoms with van der Waals surface area (Å²) in [4.78, 5) is 14.9. The molecule has 1 aromatic heterocycles. The van der Waals surface area contributed by atoms with Crippen LogP contribution in [-0.4, -0.2) is 23.9 Å². The number of nitrogens with one attached hydrogen (secondary N) is 1. The minimum absolute atomic E-state index is 0.0101. The van der Waals surface area contributed by atoms with Crippen molar-refractivity contribution in [2.75, 3.05) is 13.1 Å². The molecule has 13 heavy (non-hydrogen) atoms. The highest BCUT2D eigenvalue weighted by molar-refractivity contribution is 5.82. The van der Waals surface area contributed by atoms with E-state index in [1.54, 1.807) is 6.20 Å². The highest BCUT2D eigenvalue weighted by atomic mass is 16.1. The summed E-state index contributed by atoms with van der Waals surface area (Å²) in [5.41, 5.74) is 6.07. The normalized spacial score (nSPS) is 9.92. The van der Waals surface area contributed by atoms with Gasteiger partial charge in [-0.2, -0.15) is 0 Å². The summed E-state index contributed by atoms with van der Waals surface area (Å²) in [6, 6.07) is 5.67. The van der Waals surface area contributed by atoms with Gasteiger partial charge in [0.2, 0.25) is 0 Å². The number of rotatable bonds is 5. The van der Waals surface area contributed by atoms with Gasteiger partial charge in [0.25, 0.3) is 0 Å². The van der Waals surface area contributed by atoms with Crippen LogP contribution in [0.2, 0.25) is 0 Å². The lowest BCUT2D eigenvalue weighted by atomic mass is 10.3. The van der Waals surface area contributed by atoms with Crippen molar-refractivity contribution in [2.24, 2.45) is 5.73 Å². The molecule has 0 saturated carbocycles. The first kappa shape index (κ1) is 9.83. The lowest BCUT2D eigenvalue weighted by Gasteiger charge is -2.01. The zero-order valence-electron chi connectivity index (χ0n) is 7.36. The maximum Gasteiger partial charge on any atom is 0.160 e. The molecule has 0 saturated heterocycles. The van der Waals surface area contributed by atoms with E-state index in [9.17, 15) is 4.79 Å². The maximum absolute atomic E-state index is 10.8. The Labute approximate surface area is 77.2 Å². The number of pyridine rings is 1. The van der Waals surface area contributed by atoms with E-state index < -0.39 is 0 Å². The summed E-state index contributed by atoms with van der Waals surface area (Å²) in [5, 5.41) is 2.96. The minimum Gasteiger partial charge on any atom is -0.324 e. The van der Waals surface area contributed by atoms with Gasteiger partial charge < -0.3 is 11.1 Å². The summed E-state index contributed by atoms with van der Waals surface area (Å²) in [6.07, 6.45) is 1.72. The third-order valence-electron chi connectivity index (χ3n) is 1.58. The zero-order chi connectivity index (χ0) is 9.52. The Kier molecular flexibility index (Phi) is 4.08. The fraction of sp³-hybridized carbons (Fsp3) is 0.333. The summed E-state index contributed by atoms with van der Waals surface area (Å²) in [7, 11) is 0. The number of hydrogen-bond donors (Lipinski definition) is 2. The Morgan fingerprint density at radius 3 is 3.00 bits per heavy atom. The molecule has 70 valence electrons. The Balaban J connectivity index is 2.24. The molecule has 0 amide bonds. The van der Waals surface area contributed by atoms with Gasteiger partial charge in [-0.25, -0.2) is 0 Å². The molecule has 1 aromatic rings. The average Bonchev–Trinajstić information content (AvgIpc) is 2.19. The number of Topliss-reactive ketones (excluding diaryl/α,β-unsaturated/α-hetero) is 1. The minimum atomic E-state index is 0.0101. The SMILES string of the molecule is NCC(=O)CNCc1ccccn1. The summed E-state index contributed by atoms with van der Waals surface area (Å²) in [6.45, 7) is 1.01. The topological polar surface area (TPSA) is 68.0 Å². The largest absolute Gasteiger partial charge is 0.324 e. The third-order valence-corrected chi connectivity index (χ3v) is 1.58. The van der Waals surface area contributed by atoms with Crippen molar-refractivity contribution in [3.63, 3.8) is 0 Å². The van der Waals surface area contributed by atoms with Gasteiger partial charge in [-0.3, -0.25) is 9.78 Å². The molecule has 0 unspecified atom stereocenters. The van der Waals surface area contributed by atoms with Crippen LogP contribution in [0.25, 0.3) is 0 Å². The van der Waals surface area contributed by atoms with Crippen molar-refractivity contribution in [1.29, 1.82) is 0 Å². The second-order valence-corrected chi connectivity index (χ2v) is 2.67. The van der Waals surface area contributed by atoms with Crippen molar-refractivity contribution in [3.8, 4) is 0 Å². The highest BCUT2D eigenvalue weighted by Crippen LogP contribution is 1.90. The second kappa shape index (κ2) is 5.40. The Bertz CT molecular complexity index is 261. The summed E-state index contributed by atoms with van der Waals surface area (Å²) < 4.78 is 0. The van der Waals surface area contributed by atoms with Crippen molar-refractivity contribution < 1.29 is 4.79 Å². The smallest absolute Gasteiger partial charge is 0.160 e. The van der Waals surface area contributed by atoms with Crippen molar-refractivity contribution >= 4 is 5.78 Å². The molecular weight excluding hydrogens is 166 g/mol. The van der Waals surface area contributed by atoms with Gasteiger partial charge in [0.15, 0.2) is 5.78 Å². The van der Waals surface area contributed by atoms with Crippen molar-refractivity contribution in [2.45, 2.75) is 6.54 Å². The number of carbonyl (C=O) groups excluding carboxylic acids is 1. The molecule has 4 heteroatoms. The van der Waals surface area contributed by atoms with Crippen LogP contribution in [0.1, 0.15) is 5.69 Å². The zero-order valence-corrected chi connectivity index (χ0v) is 7.36. The van der Waals surface area contributed by atoms with E-state index in [1.807, 2.05) is 18.2 Å². The van der Waals surface area contributed by atoms with Crippen molar-refractivity contribution in [1.82, 2.24) is 10.3 Å². The van der Waals surface area contributed by atoms with Crippen molar-refractivity contribution in [3.05, 3.63) is 30.1 Å². The molecule has 0 atom stereocenters. The Morgan fingerprint density at radius 2 is 2.38 bits per heavy atom. The molecule has 0 radical (unpaired) electrons.